The first-order valence-corrected chi connectivity index (χ1v) is 7.10. The summed E-state index contributed by atoms with van der Waals surface area (Å²) in [7, 11) is 0. The summed E-state index contributed by atoms with van der Waals surface area (Å²) in [6.07, 6.45) is 0.965. The number of carbonyl (C=O) groups excluding carboxylic acids is 1. The zero-order valence-electron chi connectivity index (χ0n) is 11.2. The minimum Gasteiger partial charge on any atom is -0.321 e. The lowest BCUT2D eigenvalue weighted by molar-refractivity contribution is 0.102. The average molecular weight is 305 g/mol. The number of anilines is 1. The second kappa shape index (κ2) is 5.84. The molecule has 0 unspecified atom stereocenters. The lowest BCUT2D eigenvalue weighted by Crippen LogP contribution is -2.24. The molecular formula is C16H14ClFN2O. The highest BCUT2D eigenvalue weighted by Crippen LogP contribution is 2.23. The van der Waals surface area contributed by atoms with Crippen LogP contribution in [0.4, 0.5) is 10.1 Å². The molecule has 1 heterocycles. The molecule has 0 aliphatic carbocycles. The van der Waals surface area contributed by atoms with Gasteiger partial charge < -0.3 is 10.6 Å². The predicted molar refractivity (Wildman–Crippen MR) is 81.2 cm³/mol. The molecule has 0 spiro atoms. The molecule has 5 heteroatoms. The number of fused-ring (bicyclic) bond motifs is 1. The molecule has 1 amide bonds. The largest absolute Gasteiger partial charge is 0.321 e. The molecule has 0 saturated heterocycles. The van der Waals surface area contributed by atoms with E-state index in [4.69, 9.17) is 11.6 Å². The topological polar surface area (TPSA) is 41.1 Å². The Labute approximate surface area is 127 Å². The maximum atomic E-state index is 13.2. The Balaban J connectivity index is 1.83. The van der Waals surface area contributed by atoms with Gasteiger partial charge in [-0.05, 0) is 54.4 Å². The molecule has 0 fully saturated rings. The normalized spacial score (nSPS) is 13.6. The van der Waals surface area contributed by atoms with Crippen LogP contribution in [0.15, 0.2) is 36.4 Å². The maximum absolute atomic E-state index is 13.2. The number of amides is 1. The van der Waals surface area contributed by atoms with E-state index < -0.39 is 5.82 Å². The van der Waals surface area contributed by atoms with Crippen molar-refractivity contribution in [2.75, 3.05) is 11.9 Å². The number of nitrogens with one attached hydrogen (secondary N) is 2. The molecule has 0 atom stereocenters. The summed E-state index contributed by atoms with van der Waals surface area (Å²) in [5, 5.41) is 6.22. The molecular weight excluding hydrogens is 291 g/mol. The van der Waals surface area contributed by atoms with Crippen LogP contribution < -0.4 is 10.6 Å². The fourth-order valence-corrected chi connectivity index (χ4v) is 2.57. The van der Waals surface area contributed by atoms with Crippen LogP contribution in [0.5, 0.6) is 0 Å². The molecule has 2 aromatic carbocycles. The van der Waals surface area contributed by atoms with E-state index in [2.05, 4.69) is 10.6 Å². The van der Waals surface area contributed by atoms with Gasteiger partial charge >= 0.3 is 0 Å². The van der Waals surface area contributed by atoms with Gasteiger partial charge in [-0.1, -0.05) is 17.7 Å². The molecule has 21 heavy (non-hydrogen) atoms. The molecule has 3 rings (SSSR count). The summed E-state index contributed by atoms with van der Waals surface area (Å²) >= 11 is 5.95. The van der Waals surface area contributed by atoms with Gasteiger partial charge in [-0.25, -0.2) is 4.39 Å². The first kappa shape index (κ1) is 14.0. The van der Waals surface area contributed by atoms with Crippen molar-refractivity contribution in [3.05, 3.63) is 63.9 Å². The minimum atomic E-state index is -0.440. The molecule has 1 aliphatic heterocycles. The first-order valence-electron chi connectivity index (χ1n) is 6.72. The molecule has 0 saturated carbocycles. The molecule has 108 valence electrons. The van der Waals surface area contributed by atoms with E-state index in [-0.39, 0.29) is 11.6 Å². The summed E-state index contributed by atoms with van der Waals surface area (Å²) in [5.41, 5.74) is 3.20. The number of hydrogen-bond donors (Lipinski definition) is 2. The quantitative estimate of drug-likeness (QED) is 0.893. The van der Waals surface area contributed by atoms with Crippen molar-refractivity contribution in [3.63, 3.8) is 0 Å². The fourth-order valence-electron chi connectivity index (χ4n) is 2.41. The summed E-state index contributed by atoms with van der Waals surface area (Å²) in [5.74, 6) is -0.736. The Morgan fingerprint density at radius 2 is 2.05 bits per heavy atom. The second-order valence-electron chi connectivity index (χ2n) is 4.99. The molecule has 0 radical (unpaired) electrons. The van der Waals surface area contributed by atoms with Gasteiger partial charge in [-0.3, -0.25) is 4.79 Å². The van der Waals surface area contributed by atoms with Crippen LogP contribution >= 0.6 is 11.6 Å². The highest BCUT2D eigenvalue weighted by molar-refractivity contribution is 6.33. The van der Waals surface area contributed by atoms with Gasteiger partial charge in [0.2, 0.25) is 0 Å². The van der Waals surface area contributed by atoms with Crippen LogP contribution in [0.1, 0.15) is 21.5 Å². The molecule has 0 aromatic heterocycles. The van der Waals surface area contributed by atoms with Crippen LogP contribution in [-0.2, 0) is 13.0 Å². The van der Waals surface area contributed by atoms with Gasteiger partial charge in [-0.2, -0.15) is 0 Å². The number of hydrogen-bond acceptors (Lipinski definition) is 2. The van der Waals surface area contributed by atoms with Crippen molar-refractivity contribution in [1.82, 2.24) is 5.32 Å². The third-order valence-electron chi connectivity index (χ3n) is 3.53. The fraction of sp³-hybridized carbons (Fsp3) is 0.188. The van der Waals surface area contributed by atoms with Crippen molar-refractivity contribution in [2.24, 2.45) is 0 Å². The van der Waals surface area contributed by atoms with Gasteiger partial charge in [0, 0.05) is 12.1 Å². The highest BCUT2D eigenvalue weighted by atomic mass is 35.5. The van der Waals surface area contributed by atoms with Gasteiger partial charge in [-0.15, -0.1) is 0 Å². The first-order chi connectivity index (χ1) is 10.1. The summed E-state index contributed by atoms with van der Waals surface area (Å²) in [6, 6.07) is 9.50. The van der Waals surface area contributed by atoms with Crippen LogP contribution in [-0.4, -0.2) is 12.5 Å². The van der Waals surface area contributed by atoms with Crippen LogP contribution in [0, 0.1) is 5.82 Å². The lowest BCUT2D eigenvalue weighted by atomic mass is 9.98. The molecule has 3 nitrogen and oxygen atoms in total. The summed E-state index contributed by atoms with van der Waals surface area (Å²) < 4.78 is 13.2. The van der Waals surface area contributed by atoms with E-state index in [9.17, 15) is 9.18 Å². The highest BCUT2D eigenvalue weighted by Gasteiger charge is 2.13. The monoisotopic (exact) mass is 304 g/mol. The molecule has 2 N–H and O–H groups in total. The van der Waals surface area contributed by atoms with Crippen molar-refractivity contribution >= 4 is 23.2 Å². The van der Waals surface area contributed by atoms with Crippen molar-refractivity contribution < 1.29 is 9.18 Å². The zero-order chi connectivity index (χ0) is 14.8. The Hall–Kier alpha value is -1.91. The van der Waals surface area contributed by atoms with Crippen LogP contribution in [0.3, 0.4) is 0 Å². The number of carbonyl (C=O) groups is 1. The van der Waals surface area contributed by atoms with Gasteiger partial charge in [0.15, 0.2) is 0 Å². The standard InChI is InChI=1S/C16H14ClFN2O/c17-14-4-3-13(18)8-15(14)20-16(21)11-2-1-10-5-6-19-9-12(10)7-11/h1-4,7-8,19H,5-6,9H2,(H,20,21). The van der Waals surface area contributed by atoms with E-state index in [1.54, 1.807) is 6.07 Å². The van der Waals surface area contributed by atoms with Crippen LogP contribution in [0.2, 0.25) is 5.02 Å². The Bertz CT molecular complexity index is 703. The molecule has 1 aliphatic rings. The van der Waals surface area contributed by atoms with E-state index in [1.165, 1.54) is 23.8 Å². The summed E-state index contributed by atoms with van der Waals surface area (Å²) in [4.78, 5) is 12.3. The van der Waals surface area contributed by atoms with E-state index in [0.29, 0.717) is 10.6 Å². The number of halogens is 2. The predicted octanol–water partition coefficient (Wildman–Crippen LogP) is 3.38. The Morgan fingerprint density at radius 1 is 1.19 bits per heavy atom. The maximum Gasteiger partial charge on any atom is 0.255 e. The van der Waals surface area contributed by atoms with Crippen molar-refractivity contribution in [2.45, 2.75) is 13.0 Å². The Morgan fingerprint density at radius 3 is 2.90 bits per heavy atom. The third-order valence-corrected chi connectivity index (χ3v) is 3.86. The number of benzene rings is 2. The smallest absolute Gasteiger partial charge is 0.255 e. The SMILES string of the molecule is O=C(Nc1cc(F)ccc1Cl)c1ccc2c(c1)CNCC2. The molecule has 2 aromatic rings. The van der Waals surface area contributed by atoms with E-state index in [0.717, 1.165) is 25.1 Å². The molecule has 0 bridgehead atoms. The van der Waals surface area contributed by atoms with Crippen LogP contribution in [0.25, 0.3) is 0 Å². The zero-order valence-corrected chi connectivity index (χ0v) is 12.0. The van der Waals surface area contributed by atoms with Gasteiger partial charge in [0.05, 0.1) is 10.7 Å². The minimum absolute atomic E-state index is 0.275. The van der Waals surface area contributed by atoms with E-state index in [1.807, 2.05) is 12.1 Å². The van der Waals surface area contributed by atoms with Crippen molar-refractivity contribution in [3.8, 4) is 0 Å². The van der Waals surface area contributed by atoms with Gasteiger partial charge in [0.25, 0.3) is 5.91 Å². The third kappa shape index (κ3) is 3.06. The Kier molecular flexibility index (Phi) is 3.90. The average Bonchev–Trinajstić information content (AvgIpc) is 2.50. The van der Waals surface area contributed by atoms with Gasteiger partial charge in [0.1, 0.15) is 5.82 Å². The van der Waals surface area contributed by atoms with Crippen molar-refractivity contribution in [1.29, 1.82) is 0 Å². The second-order valence-corrected chi connectivity index (χ2v) is 5.40. The number of rotatable bonds is 2. The lowest BCUT2D eigenvalue weighted by Gasteiger charge is -2.17. The van der Waals surface area contributed by atoms with E-state index >= 15 is 0 Å². The summed E-state index contributed by atoms with van der Waals surface area (Å²) in [6.45, 7) is 1.72.